The number of amides is 2. The molecule has 1 N–H and O–H groups in total. The van der Waals surface area contributed by atoms with E-state index in [1.807, 2.05) is 4.90 Å². The molecule has 0 aliphatic carbocycles. The number of aromatic nitrogens is 2. The van der Waals surface area contributed by atoms with Gasteiger partial charge in [-0.3, -0.25) is 14.4 Å². The number of aryl methyl sites for hydroxylation is 1. The summed E-state index contributed by atoms with van der Waals surface area (Å²) in [5, 5.41) is 0. The van der Waals surface area contributed by atoms with Crippen molar-refractivity contribution in [3.05, 3.63) is 27.9 Å². The molecule has 0 saturated carbocycles. The molecular formula is C16H20N4O4. The zero-order chi connectivity index (χ0) is 16.8. The van der Waals surface area contributed by atoms with E-state index < -0.39 is 0 Å². The zero-order valence-electron chi connectivity index (χ0n) is 13.5. The molecule has 3 saturated heterocycles. The van der Waals surface area contributed by atoms with E-state index in [2.05, 4.69) is 9.97 Å². The number of nitrogens with zero attached hydrogens (tertiary/aromatic N) is 3. The Hall–Kier alpha value is -2.22. The monoisotopic (exact) mass is 332 g/mol. The molecule has 3 aliphatic rings. The van der Waals surface area contributed by atoms with Gasteiger partial charge in [0.1, 0.15) is 17.6 Å². The van der Waals surface area contributed by atoms with Gasteiger partial charge in [0.15, 0.2) is 0 Å². The number of ether oxygens (including phenoxy) is 1. The lowest BCUT2D eigenvalue weighted by molar-refractivity contribution is -0.143. The van der Waals surface area contributed by atoms with Crippen molar-refractivity contribution in [3.8, 4) is 0 Å². The molecule has 4 rings (SSSR count). The number of carbonyl (C=O) groups excluding carboxylic acids is 2. The van der Waals surface area contributed by atoms with Gasteiger partial charge in [0.25, 0.3) is 17.4 Å². The number of piperazine rings is 1. The average Bonchev–Trinajstić information content (AvgIpc) is 3.28. The molecule has 8 heteroatoms. The summed E-state index contributed by atoms with van der Waals surface area (Å²) in [6.45, 7) is 3.33. The van der Waals surface area contributed by atoms with E-state index in [0.717, 1.165) is 19.3 Å². The van der Waals surface area contributed by atoms with Crippen molar-refractivity contribution >= 4 is 11.8 Å². The van der Waals surface area contributed by atoms with Crippen LogP contribution in [0, 0.1) is 6.92 Å². The first-order valence-corrected chi connectivity index (χ1v) is 8.34. The third-order valence-electron chi connectivity index (χ3n) is 5.07. The molecule has 8 nitrogen and oxygen atoms in total. The summed E-state index contributed by atoms with van der Waals surface area (Å²) in [4.78, 5) is 47.0. The van der Waals surface area contributed by atoms with Gasteiger partial charge in [0.2, 0.25) is 0 Å². The maximum absolute atomic E-state index is 12.7. The van der Waals surface area contributed by atoms with E-state index in [9.17, 15) is 14.4 Å². The molecule has 2 amide bonds. The number of hydrogen-bond acceptors (Lipinski definition) is 5. The number of aromatic amines is 1. The number of carbonyl (C=O) groups is 2. The summed E-state index contributed by atoms with van der Waals surface area (Å²) in [6, 6.07) is 1.27. The fourth-order valence-corrected chi connectivity index (χ4v) is 3.98. The highest BCUT2D eigenvalue weighted by molar-refractivity contribution is 5.93. The van der Waals surface area contributed by atoms with Crippen LogP contribution in [0.2, 0.25) is 0 Å². The highest BCUT2D eigenvalue weighted by Gasteiger charge is 2.48. The van der Waals surface area contributed by atoms with E-state index >= 15 is 0 Å². The maximum atomic E-state index is 12.7. The van der Waals surface area contributed by atoms with Crippen LogP contribution in [-0.2, 0) is 9.53 Å². The van der Waals surface area contributed by atoms with E-state index in [1.54, 1.807) is 11.8 Å². The minimum atomic E-state index is -0.328. The number of rotatable bonds is 2. The number of likely N-dealkylation sites (tertiary alicyclic amines) is 2. The van der Waals surface area contributed by atoms with Crippen LogP contribution in [0.3, 0.4) is 0 Å². The van der Waals surface area contributed by atoms with Crippen molar-refractivity contribution in [1.29, 1.82) is 0 Å². The van der Waals surface area contributed by atoms with Crippen LogP contribution in [0.4, 0.5) is 0 Å². The van der Waals surface area contributed by atoms with Crippen molar-refractivity contribution in [3.63, 3.8) is 0 Å². The second kappa shape index (κ2) is 5.70. The summed E-state index contributed by atoms with van der Waals surface area (Å²) in [5.74, 6) is 0.239. The summed E-state index contributed by atoms with van der Waals surface area (Å²) in [5.41, 5.74) is -0.161. The smallest absolute Gasteiger partial charge is 0.273 e. The van der Waals surface area contributed by atoms with Gasteiger partial charge in [0, 0.05) is 25.8 Å². The molecule has 0 radical (unpaired) electrons. The zero-order valence-corrected chi connectivity index (χ0v) is 13.5. The molecule has 3 atom stereocenters. The van der Waals surface area contributed by atoms with Gasteiger partial charge in [-0.2, -0.15) is 0 Å². The van der Waals surface area contributed by atoms with E-state index in [-0.39, 0.29) is 41.3 Å². The summed E-state index contributed by atoms with van der Waals surface area (Å²) in [6.07, 6.45) is 2.18. The molecule has 24 heavy (non-hydrogen) atoms. The normalized spacial score (nSPS) is 28.6. The second-order valence-electron chi connectivity index (χ2n) is 6.71. The topological polar surface area (TPSA) is 95.6 Å². The first kappa shape index (κ1) is 15.3. The Kier molecular flexibility index (Phi) is 3.64. The van der Waals surface area contributed by atoms with E-state index in [4.69, 9.17) is 4.74 Å². The molecule has 0 aromatic carbocycles. The molecule has 128 valence electrons. The van der Waals surface area contributed by atoms with Gasteiger partial charge < -0.3 is 19.5 Å². The lowest BCUT2D eigenvalue weighted by Gasteiger charge is -2.35. The van der Waals surface area contributed by atoms with Crippen LogP contribution in [0.1, 0.15) is 35.6 Å². The Bertz CT molecular complexity index is 740. The quantitative estimate of drug-likeness (QED) is 0.801. The van der Waals surface area contributed by atoms with Crippen molar-refractivity contribution in [1.82, 2.24) is 19.8 Å². The number of hydrogen-bond donors (Lipinski definition) is 1. The molecular weight excluding hydrogens is 312 g/mol. The molecule has 4 heterocycles. The van der Waals surface area contributed by atoms with Crippen LogP contribution in [0.25, 0.3) is 0 Å². The number of nitrogens with one attached hydrogen (secondary N) is 1. The average molecular weight is 332 g/mol. The fraction of sp³-hybridized carbons (Fsp3) is 0.625. The van der Waals surface area contributed by atoms with Crippen molar-refractivity contribution < 1.29 is 14.3 Å². The Morgan fingerprint density at radius 2 is 2.04 bits per heavy atom. The largest absolute Gasteiger partial charge is 0.368 e. The number of H-pyrrole nitrogens is 1. The maximum Gasteiger partial charge on any atom is 0.273 e. The van der Waals surface area contributed by atoms with Crippen molar-refractivity contribution in [2.24, 2.45) is 0 Å². The lowest BCUT2D eigenvalue weighted by Crippen LogP contribution is -2.53. The molecule has 3 fully saturated rings. The van der Waals surface area contributed by atoms with Gasteiger partial charge in [-0.05, 0) is 26.2 Å². The fourth-order valence-electron chi connectivity index (χ4n) is 3.98. The van der Waals surface area contributed by atoms with Crippen LogP contribution >= 0.6 is 0 Å². The Morgan fingerprint density at radius 3 is 2.67 bits per heavy atom. The van der Waals surface area contributed by atoms with Gasteiger partial charge in [-0.25, -0.2) is 4.98 Å². The van der Waals surface area contributed by atoms with Gasteiger partial charge in [-0.1, -0.05) is 0 Å². The van der Waals surface area contributed by atoms with E-state index in [1.165, 1.54) is 6.07 Å². The van der Waals surface area contributed by atoms with Crippen LogP contribution < -0.4 is 5.56 Å². The second-order valence-corrected chi connectivity index (χ2v) is 6.71. The minimum Gasteiger partial charge on any atom is -0.368 e. The molecule has 2 bridgehead atoms. The van der Waals surface area contributed by atoms with Gasteiger partial charge in [-0.15, -0.1) is 0 Å². The lowest BCUT2D eigenvalue weighted by atomic mass is 10.2. The van der Waals surface area contributed by atoms with E-state index in [0.29, 0.717) is 25.5 Å². The Labute approximate surface area is 138 Å². The van der Waals surface area contributed by atoms with Gasteiger partial charge in [0.05, 0.1) is 12.1 Å². The first-order valence-electron chi connectivity index (χ1n) is 8.34. The third-order valence-corrected chi connectivity index (χ3v) is 5.07. The summed E-state index contributed by atoms with van der Waals surface area (Å²) in [7, 11) is 0. The molecule has 0 spiro atoms. The van der Waals surface area contributed by atoms with Gasteiger partial charge >= 0.3 is 0 Å². The van der Waals surface area contributed by atoms with Crippen LogP contribution in [-0.4, -0.2) is 69.5 Å². The Balaban J connectivity index is 1.47. The van der Waals surface area contributed by atoms with Crippen LogP contribution in [0.5, 0.6) is 0 Å². The van der Waals surface area contributed by atoms with Crippen LogP contribution in [0.15, 0.2) is 10.9 Å². The molecule has 1 aromatic heterocycles. The first-order chi connectivity index (χ1) is 11.5. The SMILES string of the molecule is Cc1nc(C(=O)N2C[C@@H]3C[C@H]2CN3C(=O)[C@@H]2CCCO2)cc(=O)[nH]1. The third kappa shape index (κ3) is 2.50. The number of fused-ring (bicyclic) bond motifs is 2. The Morgan fingerprint density at radius 1 is 1.29 bits per heavy atom. The summed E-state index contributed by atoms with van der Waals surface area (Å²) >= 11 is 0. The highest BCUT2D eigenvalue weighted by atomic mass is 16.5. The predicted molar refractivity (Wildman–Crippen MR) is 83.5 cm³/mol. The molecule has 0 unspecified atom stereocenters. The standard InChI is InChI=1S/C16H20N4O4/c1-9-17-12(6-14(21)18-9)15(22)19-7-11-5-10(19)8-20(11)16(23)13-3-2-4-24-13/h6,10-11,13H,2-5,7-8H2,1H3,(H,17,18,21)/t10-,11-,13-/m0/s1. The van der Waals surface area contributed by atoms with Crippen molar-refractivity contribution in [2.75, 3.05) is 19.7 Å². The predicted octanol–water partition coefficient (Wildman–Crippen LogP) is -0.317. The molecule has 3 aliphatic heterocycles. The minimum absolute atomic E-state index is 0.00533. The summed E-state index contributed by atoms with van der Waals surface area (Å²) < 4.78 is 5.48. The van der Waals surface area contributed by atoms with Crippen molar-refractivity contribution in [2.45, 2.75) is 44.4 Å². The highest BCUT2D eigenvalue weighted by Crippen LogP contribution is 2.33. The molecule has 1 aromatic rings.